The van der Waals surface area contributed by atoms with Crippen LogP contribution in [0.2, 0.25) is 0 Å². The van der Waals surface area contributed by atoms with E-state index in [1.165, 1.54) is 18.5 Å². The van der Waals surface area contributed by atoms with Gasteiger partial charge in [0.15, 0.2) is 0 Å². The van der Waals surface area contributed by atoms with Gasteiger partial charge in [0.25, 0.3) is 0 Å². The van der Waals surface area contributed by atoms with Crippen LogP contribution in [-0.2, 0) is 27.4 Å². The topological polar surface area (TPSA) is 102 Å². The third kappa shape index (κ3) is 4.45. The van der Waals surface area contributed by atoms with Crippen LogP contribution in [0.1, 0.15) is 12.6 Å². The molecule has 0 amide bonds. The number of nitrogens with two attached hydrogens (primary N) is 1. The molecule has 3 N–H and O–H groups in total. The number of hydrogen-bond donors (Lipinski definition) is 2. The summed E-state index contributed by atoms with van der Waals surface area (Å²) in [5.74, 6) is 0.271. The first-order valence-electron chi connectivity index (χ1n) is 5.32. The Labute approximate surface area is 110 Å². The molecule has 0 aliphatic rings. The van der Waals surface area contributed by atoms with Gasteiger partial charge in [-0.1, -0.05) is 0 Å². The Hall–Kier alpha value is -0.830. The van der Waals surface area contributed by atoms with Crippen LogP contribution in [0, 0.1) is 0 Å². The Morgan fingerprint density at radius 2 is 2.17 bits per heavy atom. The number of rotatable bonds is 6. The number of pyridine rings is 1. The first-order chi connectivity index (χ1) is 8.35. The van der Waals surface area contributed by atoms with Crippen LogP contribution < -0.4 is 10.5 Å². The molecule has 1 aromatic rings. The second-order valence-electron chi connectivity index (χ2n) is 3.95. The standard InChI is InChI=1S/C10H17N3O3S2/c1-8(7-17(2)14)13-18(15,16)10-4-3-9(5-11)12-6-10/h3-4,6,8,13H,5,7,11H2,1-2H3. The van der Waals surface area contributed by atoms with Crippen molar-refractivity contribution in [3.8, 4) is 0 Å². The first kappa shape index (κ1) is 15.2. The molecule has 18 heavy (non-hydrogen) atoms. The maximum Gasteiger partial charge on any atom is 0.242 e. The van der Waals surface area contributed by atoms with Crippen molar-refractivity contribution in [2.45, 2.75) is 24.4 Å². The predicted molar refractivity (Wildman–Crippen MR) is 70.8 cm³/mol. The number of aromatic nitrogens is 1. The van der Waals surface area contributed by atoms with Crippen LogP contribution in [0.3, 0.4) is 0 Å². The van der Waals surface area contributed by atoms with Crippen molar-refractivity contribution in [1.29, 1.82) is 0 Å². The first-order valence-corrected chi connectivity index (χ1v) is 8.53. The second kappa shape index (κ2) is 6.37. The number of sulfonamides is 1. The zero-order valence-electron chi connectivity index (χ0n) is 10.3. The summed E-state index contributed by atoms with van der Waals surface area (Å²) >= 11 is 0. The third-order valence-electron chi connectivity index (χ3n) is 2.16. The van der Waals surface area contributed by atoms with E-state index >= 15 is 0 Å². The van der Waals surface area contributed by atoms with Gasteiger partial charge in [-0.2, -0.15) is 0 Å². The summed E-state index contributed by atoms with van der Waals surface area (Å²) in [4.78, 5) is 4.00. The van der Waals surface area contributed by atoms with E-state index in [0.717, 1.165) is 0 Å². The predicted octanol–water partition coefficient (Wildman–Crippen LogP) is -0.414. The summed E-state index contributed by atoms with van der Waals surface area (Å²) in [6.07, 6.45) is 2.79. The highest BCUT2D eigenvalue weighted by molar-refractivity contribution is 7.89. The summed E-state index contributed by atoms with van der Waals surface area (Å²) in [5, 5.41) is 0. The molecule has 0 aromatic carbocycles. The molecule has 0 spiro atoms. The Bertz CT molecular complexity index is 514. The lowest BCUT2D eigenvalue weighted by atomic mass is 10.4. The summed E-state index contributed by atoms with van der Waals surface area (Å²) in [6.45, 7) is 1.93. The van der Waals surface area contributed by atoms with E-state index in [2.05, 4.69) is 9.71 Å². The molecule has 0 aliphatic heterocycles. The lowest BCUT2D eigenvalue weighted by Crippen LogP contribution is -2.36. The van der Waals surface area contributed by atoms with Crippen molar-refractivity contribution in [3.05, 3.63) is 24.0 Å². The van der Waals surface area contributed by atoms with Gasteiger partial charge in [-0.25, -0.2) is 13.1 Å². The normalized spacial score (nSPS) is 15.3. The Morgan fingerprint density at radius 1 is 1.50 bits per heavy atom. The molecule has 1 aromatic heterocycles. The smallest absolute Gasteiger partial charge is 0.242 e. The molecule has 2 atom stereocenters. The molecule has 8 heteroatoms. The third-order valence-corrected chi connectivity index (χ3v) is 4.70. The summed E-state index contributed by atoms with van der Waals surface area (Å²) in [7, 11) is -4.67. The Morgan fingerprint density at radius 3 is 2.61 bits per heavy atom. The quantitative estimate of drug-likeness (QED) is 0.741. The summed E-state index contributed by atoms with van der Waals surface area (Å²) in [6, 6.07) is 2.62. The maximum absolute atomic E-state index is 11.9. The minimum Gasteiger partial charge on any atom is -0.325 e. The molecule has 0 radical (unpaired) electrons. The zero-order chi connectivity index (χ0) is 13.8. The van der Waals surface area contributed by atoms with Crippen molar-refractivity contribution in [1.82, 2.24) is 9.71 Å². The molecule has 2 unspecified atom stereocenters. The molecule has 0 saturated carbocycles. The van der Waals surface area contributed by atoms with E-state index in [0.29, 0.717) is 5.69 Å². The van der Waals surface area contributed by atoms with Gasteiger partial charge in [0.2, 0.25) is 10.0 Å². The zero-order valence-corrected chi connectivity index (χ0v) is 11.9. The molecule has 0 fully saturated rings. The Kier molecular flexibility index (Phi) is 5.39. The van der Waals surface area contributed by atoms with Gasteiger partial charge >= 0.3 is 0 Å². The van der Waals surface area contributed by atoms with E-state index < -0.39 is 26.9 Å². The van der Waals surface area contributed by atoms with Crippen LogP contribution in [0.15, 0.2) is 23.2 Å². The van der Waals surface area contributed by atoms with Gasteiger partial charge in [-0.15, -0.1) is 0 Å². The lowest BCUT2D eigenvalue weighted by Gasteiger charge is -2.12. The van der Waals surface area contributed by atoms with Gasteiger partial charge in [0.1, 0.15) is 4.90 Å². The van der Waals surface area contributed by atoms with E-state index in [9.17, 15) is 12.6 Å². The number of nitrogens with one attached hydrogen (secondary N) is 1. The molecule has 0 saturated heterocycles. The highest BCUT2D eigenvalue weighted by Gasteiger charge is 2.18. The minimum absolute atomic E-state index is 0.0773. The highest BCUT2D eigenvalue weighted by atomic mass is 32.2. The molecule has 0 bridgehead atoms. The van der Waals surface area contributed by atoms with E-state index in [1.54, 1.807) is 13.0 Å². The summed E-state index contributed by atoms with van der Waals surface area (Å²) < 4.78 is 37.3. The fourth-order valence-electron chi connectivity index (χ4n) is 1.41. The average Bonchev–Trinajstić information content (AvgIpc) is 2.27. The van der Waals surface area contributed by atoms with Crippen LogP contribution in [0.5, 0.6) is 0 Å². The van der Waals surface area contributed by atoms with Crippen LogP contribution >= 0.6 is 0 Å². The van der Waals surface area contributed by atoms with E-state index in [1.807, 2.05) is 0 Å². The number of nitrogens with zero attached hydrogens (tertiary/aromatic N) is 1. The van der Waals surface area contributed by atoms with Gasteiger partial charge in [-0.05, 0) is 19.1 Å². The van der Waals surface area contributed by atoms with Gasteiger partial charge < -0.3 is 5.73 Å². The van der Waals surface area contributed by atoms with Crippen LogP contribution in [0.25, 0.3) is 0 Å². The molecule has 1 heterocycles. The molecular formula is C10H17N3O3S2. The molecule has 1 rings (SSSR count). The van der Waals surface area contributed by atoms with Crippen LogP contribution in [-0.4, -0.2) is 35.7 Å². The lowest BCUT2D eigenvalue weighted by molar-refractivity contribution is 0.569. The Balaban J connectivity index is 2.82. The van der Waals surface area contributed by atoms with Crippen molar-refractivity contribution in [3.63, 3.8) is 0 Å². The van der Waals surface area contributed by atoms with Crippen molar-refractivity contribution in [2.24, 2.45) is 5.73 Å². The molecular weight excluding hydrogens is 274 g/mol. The average molecular weight is 291 g/mol. The van der Waals surface area contributed by atoms with Crippen molar-refractivity contribution < 1.29 is 12.6 Å². The van der Waals surface area contributed by atoms with Crippen LogP contribution in [0.4, 0.5) is 0 Å². The summed E-state index contributed by atoms with van der Waals surface area (Å²) in [5.41, 5.74) is 6.01. The van der Waals surface area contributed by atoms with Crippen molar-refractivity contribution in [2.75, 3.05) is 12.0 Å². The van der Waals surface area contributed by atoms with E-state index in [-0.39, 0.29) is 17.2 Å². The van der Waals surface area contributed by atoms with E-state index in [4.69, 9.17) is 5.73 Å². The minimum atomic E-state index is -3.62. The SMILES string of the molecule is CC(CS(C)=O)NS(=O)(=O)c1ccc(CN)nc1. The monoisotopic (exact) mass is 291 g/mol. The maximum atomic E-state index is 11.9. The van der Waals surface area contributed by atoms with Gasteiger partial charge in [-0.3, -0.25) is 9.19 Å². The fraction of sp³-hybridized carbons (Fsp3) is 0.500. The van der Waals surface area contributed by atoms with Crippen molar-refractivity contribution >= 4 is 20.8 Å². The van der Waals surface area contributed by atoms with Gasteiger partial charge in [0, 0.05) is 41.6 Å². The number of hydrogen-bond acceptors (Lipinski definition) is 5. The van der Waals surface area contributed by atoms with Gasteiger partial charge in [0.05, 0.1) is 5.69 Å². The molecule has 0 aliphatic carbocycles. The molecule has 6 nitrogen and oxygen atoms in total. The highest BCUT2D eigenvalue weighted by Crippen LogP contribution is 2.08. The second-order valence-corrected chi connectivity index (χ2v) is 7.15. The fourth-order valence-corrected chi connectivity index (χ4v) is 3.49. The largest absolute Gasteiger partial charge is 0.325 e. The molecule has 102 valence electrons.